The van der Waals surface area contributed by atoms with Gasteiger partial charge in [0, 0.05) is 6.42 Å². The lowest BCUT2D eigenvalue weighted by atomic mass is 10.1. The summed E-state index contributed by atoms with van der Waals surface area (Å²) in [6, 6.07) is 5.73. The topological polar surface area (TPSA) is 67.4 Å². The quantitative estimate of drug-likeness (QED) is 0.794. The van der Waals surface area contributed by atoms with Gasteiger partial charge >= 0.3 is 0 Å². The number of carbonyl (C=O) groups is 2. The highest BCUT2D eigenvalue weighted by Gasteiger charge is 2.06. The van der Waals surface area contributed by atoms with E-state index in [-0.39, 0.29) is 18.4 Å². The molecule has 0 atom stereocenters. The summed E-state index contributed by atoms with van der Waals surface area (Å²) < 4.78 is 5.38. The number of amides is 2. The van der Waals surface area contributed by atoms with Crippen molar-refractivity contribution in [2.75, 3.05) is 6.61 Å². The molecule has 0 aromatic heterocycles. The highest BCUT2D eigenvalue weighted by molar-refractivity contribution is 5.82. The molecule has 0 radical (unpaired) electrons. The summed E-state index contributed by atoms with van der Waals surface area (Å²) in [4.78, 5) is 22.6. The lowest BCUT2D eigenvalue weighted by Gasteiger charge is -2.10. The van der Waals surface area contributed by atoms with Crippen LogP contribution in [-0.2, 0) is 9.59 Å². The zero-order valence-corrected chi connectivity index (χ0v) is 11.6. The lowest BCUT2D eigenvalue weighted by molar-refractivity contribution is -0.130. The van der Waals surface area contributed by atoms with Crippen LogP contribution >= 0.6 is 0 Å². The third kappa shape index (κ3) is 5.42. The van der Waals surface area contributed by atoms with Crippen molar-refractivity contribution in [1.29, 1.82) is 0 Å². The molecular formula is C14H20N2O3. The monoisotopic (exact) mass is 264 g/mol. The Labute approximate surface area is 113 Å². The minimum absolute atomic E-state index is 0.129. The average molecular weight is 264 g/mol. The van der Waals surface area contributed by atoms with Crippen LogP contribution in [0.25, 0.3) is 0 Å². The minimum Gasteiger partial charge on any atom is -0.483 e. The Hall–Kier alpha value is -2.04. The van der Waals surface area contributed by atoms with Gasteiger partial charge in [0.2, 0.25) is 5.91 Å². The smallest absolute Gasteiger partial charge is 0.276 e. The molecule has 19 heavy (non-hydrogen) atoms. The average Bonchev–Trinajstić information content (AvgIpc) is 2.35. The molecule has 2 amide bonds. The molecule has 1 aromatic carbocycles. The number of benzene rings is 1. The van der Waals surface area contributed by atoms with Gasteiger partial charge in [-0.1, -0.05) is 24.6 Å². The third-order valence-electron chi connectivity index (χ3n) is 2.51. The van der Waals surface area contributed by atoms with E-state index >= 15 is 0 Å². The number of aryl methyl sites for hydroxylation is 2. The summed E-state index contributed by atoms with van der Waals surface area (Å²) in [6.07, 6.45) is 1.12. The van der Waals surface area contributed by atoms with E-state index in [0.29, 0.717) is 12.2 Å². The van der Waals surface area contributed by atoms with Gasteiger partial charge in [0.15, 0.2) is 6.61 Å². The van der Waals surface area contributed by atoms with Gasteiger partial charge in [-0.3, -0.25) is 20.4 Å². The van der Waals surface area contributed by atoms with E-state index in [1.54, 1.807) is 0 Å². The predicted octanol–water partition coefficient (Wildman–Crippen LogP) is 1.63. The van der Waals surface area contributed by atoms with Crippen LogP contribution in [0.3, 0.4) is 0 Å². The maximum absolute atomic E-state index is 11.5. The minimum atomic E-state index is -0.385. The van der Waals surface area contributed by atoms with Gasteiger partial charge in [0.05, 0.1) is 0 Å². The van der Waals surface area contributed by atoms with Gasteiger partial charge in [-0.25, -0.2) is 0 Å². The van der Waals surface area contributed by atoms with Crippen LogP contribution in [0.2, 0.25) is 0 Å². The summed E-state index contributed by atoms with van der Waals surface area (Å²) in [5, 5.41) is 0. The number of carbonyl (C=O) groups excluding carboxylic acids is 2. The third-order valence-corrected chi connectivity index (χ3v) is 2.51. The number of rotatable bonds is 5. The standard InChI is InChI=1S/C14H20N2O3/c1-4-5-13(17)15-16-14(18)9-19-12-7-6-10(2)8-11(12)3/h6-8H,4-5,9H2,1-3H3,(H,15,17)(H,16,18). The normalized spacial score (nSPS) is 9.84. The lowest BCUT2D eigenvalue weighted by Crippen LogP contribution is -2.43. The maximum Gasteiger partial charge on any atom is 0.276 e. The van der Waals surface area contributed by atoms with Crippen LogP contribution in [0.4, 0.5) is 0 Å². The predicted molar refractivity (Wildman–Crippen MR) is 72.6 cm³/mol. The Morgan fingerprint density at radius 2 is 1.84 bits per heavy atom. The molecule has 0 fully saturated rings. The van der Waals surface area contributed by atoms with Gasteiger partial charge in [0.25, 0.3) is 5.91 Å². The van der Waals surface area contributed by atoms with Gasteiger partial charge < -0.3 is 4.74 Å². The van der Waals surface area contributed by atoms with Crippen molar-refractivity contribution in [2.24, 2.45) is 0 Å². The number of nitrogens with one attached hydrogen (secondary N) is 2. The van der Waals surface area contributed by atoms with Crippen LogP contribution in [-0.4, -0.2) is 18.4 Å². The van der Waals surface area contributed by atoms with E-state index in [1.165, 1.54) is 0 Å². The fourth-order valence-electron chi connectivity index (χ4n) is 1.57. The van der Waals surface area contributed by atoms with Crippen LogP contribution in [0.5, 0.6) is 5.75 Å². The van der Waals surface area contributed by atoms with Gasteiger partial charge in [-0.15, -0.1) is 0 Å². The summed E-state index contributed by atoms with van der Waals surface area (Å²) >= 11 is 0. The largest absolute Gasteiger partial charge is 0.483 e. The van der Waals surface area contributed by atoms with Crippen molar-refractivity contribution < 1.29 is 14.3 Å². The van der Waals surface area contributed by atoms with Crippen LogP contribution in [0.1, 0.15) is 30.9 Å². The highest BCUT2D eigenvalue weighted by Crippen LogP contribution is 2.18. The first-order valence-corrected chi connectivity index (χ1v) is 6.30. The molecule has 1 aromatic rings. The Morgan fingerprint density at radius 1 is 1.16 bits per heavy atom. The molecule has 0 unspecified atom stereocenters. The fraction of sp³-hybridized carbons (Fsp3) is 0.429. The number of hydrogen-bond acceptors (Lipinski definition) is 3. The Balaban J connectivity index is 2.36. The molecule has 0 spiro atoms. The van der Waals surface area contributed by atoms with Crippen molar-refractivity contribution in [3.05, 3.63) is 29.3 Å². The van der Waals surface area contributed by atoms with Crippen molar-refractivity contribution in [3.63, 3.8) is 0 Å². The molecule has 0 saturated carbocycles. The molecule has 0 saturated heterocycles. The van der Waals surface area contributed by atoms with E-state index < -0.39 is 0 Å². The van der Waals surface area contributed by atoms with Crippen molar-refractivity contribution in [3.8, 4) is 5.75 Å². The summed E-state index contributed by atoms with van der Waals surface area (Å²) in [6.45, 7) is 5.68. The molecule has 0 aliphatic rings. The molecule has 5 nitrogen and oxygen atoms in total. The molecule has 1 rings (SSSR count). The SMILES string of the molecule is CCCC(=O)NNC(=O)COc1ccc(C)cc1C. The molecule has 0 bridgehead atoms. The second-order valence-corrected chi connectivity index (χ2v) is 4.40. The molecule has 0 heterocycles. The number of ether oxygens (including phenoxy) is 1. The van der Waals surface area contributed by atoms with Crippen LogP contribution in [0, 0.1) is 13.8 Å². The Morgan fingerprint density at radius 3 is 2.47 bits per heavy atom. The number of hydrogen-bond donors (Lipinski definition) is 2. The summed E-state index contributed by atoms with van der Waals surface area (Å²) in [5.74, 6) is 0.0763. The Bertz CT molecular complexity index is 458. The van der Waals surface area contributed by atoms with Crippen molar-refractivity contribution in [1.82, 2.24) is 10.9 Å². The van der Waals surface area contributed by atoms with Crippen molar-refractivity contribution >= 4 is 11.8 Å². The van der Waals surface area contributed by atoms with Crippen LogP contribution in [0.15, 0.2) is 18.2 Å². The molecule has 2 N–H and O–H groups in total. The van der Waals surface area contributed by atoms with Crippen LogP contribution < -0.4 is 15.6 Å². The molecular weight excluding hydrogens is 244 g/mol. The summed E-state index contributed by atoms with van der Waals surface area (Å²) in [5.41, 5.74) is 6.74. The Kier molecular flexibility index (Phi) is 5.85. The fourth-order valence-corrected chi connectivity index (χ4v) is 1.57. The van der Waals surface area contributed by atoms with E-state index in [9.17, 15) is 9.59 Å². The first kappa shape index (κ1) is 15.0. The summed E-state index contributed by atoms with van der Waals surface area (Å²) in [7, 11) is 0. The van der Waals surface area contributed by atoms with E-state index in [0.717, 1.165) is 17.5 Å². The van der Waals surface area contributed by atoms with Gasteiger partial charge in [-0.05, 0) is 31.9 Å². The first-order chi connectivity index (χ1) is 9.02. The van der Waals surface area contributed by atoms with E-state index in [1.807, 2.05) is 39.0 Å². The zero-order chi connectivity index (χ0) is 14.3. The van der Waals surface area contributed by atoms with Crippen molar-refractivity contribution in [2.45, 2.75) is 33.6 Å². The maximum atomic E-state index is 11.5. The van der Waals surface area contributed by atoms with Gasteiger partial charge in [-0.2, -0.15) is 0 Å². The molecule has 104 valence electrons. The van der Waals surface area contributed by atoms with E-state index in [4.69, 9.17) is 4.74 Å². The highest BCUT2D eigenvalue weighted by atomic mass is 16.5. The first-order valence-electron chi connectivity index (χ1n) is 6.30. The zero-order valence-electron chi connectivity index (χ0n) is 11.6. The molecule has 0 aliphatic carbocycles. The molecule has 5 heteroatoms. The molecule has 0 aliphatic heterocycles. The van der Waals surface area contributed by atoms with Gasteiger partial charge in [0.1, 0.15) is 5.75 Å². The second kappa shape index (κ2) is 7.41. The second-order valence-electron chi connectivity index (χ2n) is 4.40. The number of hydrazine groups is 1. The van der Waals surface area contributed by atoms with E-state index in [2.05, 4.69) is 10.9 Å².